The number of nitrogens with one attached hydrogen (secondary N) is 2. The minimum absolute atomic E-state index is 0.151. The quantitative estimate of drug-likeness (QED) is 0.576. The van der Waals surface area contributed by atoms with Gasteiger partial charge in [-0.05, 0) is 6.92 Å². The maximum Gasteiger partial charge on any atom is 0.345 e. The summed E-state index contributed by atoms with van der Waals surface area (Å²) in [6.07, 6.45) is 3.06. The number of imidazole rings is 1. The molecule has 0 aromatic carbocycles. The number of nitrogens with two attached hydrogens (primary N) is 1. The van der Waals surface area contributed by atoms with Gasteiger partial charge in [0, 0.05) is 11.8 Å². The van der Waals surface area contributed by atoms with Gasteiger partial charge in [0.1, 0.15) is 16.5 Å². The third kappa shape index (κ3) is 1.85. The largest absolute Gasteiger partial charge is 0.369 e. The smallest absolute Gasteiger partial charge is 0.345 e. The van der Waals surface area contributed by atoms with E-state index in [4.69, 9.17) is 30.2 Å². The van der Waals surface area contributed by atoms with Crippen molar-refractivity contribution in [1.82, 2.24) is 29.3 Å². The minimum Gasteiger partial charge on any atom is -0.369 e. The fourth-order valence-electron chi connectivity index (χ4n) is 1.80. The van der Waals surface area contributed by atoms with Crippen LogP contribution in [0.3, 0.4) is 0 Å². The van der Waals surface area contributed by atoms with Crippen molar-refractivity contribution < 1.29 is 0 Å². The lowest BCUT2D eigenvalue weighted by atomic mass is 10.4. The molecule has 0 bridgehead atoms. The predicted octanol–water partition coefficient (Wildman–Crippen LogP) is 0.910. The molecule has 0 radical (unpaired) electrons. The van der Waals surface area contributed by atoms with Crippen LogP contribution in [0.25, 0.3) is 11.2 Å². The van der Waals surface area contributed by atoms with E-state index in [1.807, 2.05) is 0 Å². The lowest BCUT2D eigenvalue weighted by molar-refractivity contribution is 0.618. The summed E-state index contributed by atoms with van der Waals surface area (Å²) in [5, 5.41) is 0. The van der Waals surface area contributed by atoms with Crippen LogP contribution in [-0.4, -0.2) is 29.3 Å². The monoisotopic (exact) mass is 307 g/mol. The normalized spacial score (nSPS) is 11.1. The minimum atomic E-state index is -0.394. The van der Waals surface area contributed by atoms with Gasteiger partial charge in [-0.1, -0.05) is 24.4 Å². The number of aromatic amines is 2. The van der Waals surface area contributed by atoms with Crippen LogP contribution in [-0.2, 0) is 0 Å². The Morgan fingerprint density at radius 1 is 1.30 bits per heavy atom. The molecule has 3 rings (SSSR count). The van der Waals surface area contributed by atoms with Crippen molar-refractivity contribution in [3.05, 3.63) is 37.9 Å². The lowest BCUT2D eigenvalue weighted by Crippen LogP contribution is -2.28. The van der Waals surface area contributed by atoms with Crippen molar-refractivity contribution in [1.29, 1.82) is 0 Å². The lowest BCUT2D eigenvalue weighted by Gasteiger charge is -2.08. The highest BCUT2D eigenvalue weighted by atomic mass is 32.1. The van der Waals surface area contributed by atoms with Crippen molar-refractivity contribution in [2.75, 3.05) is 5.73 Å². The fourth-order valence-corrected chi connectivity index (χ4v) is 2.19. The fraction of sp³-hybridized carbons (Fsp3) is 0.100. The van der Waals surface area contributed by atoms with E-state index in [-0.39, 0.29) is 10.6 Å². The molecule has 0 amide bonds. The second kappa shape index (κ2) is 4.35. The Balaban J connectivity index is 2.42. The van der Waals surface area contributed by atoms with Gasteiger partial charge in [0.15, 0.2) is 10.3 Å². The summed E-state index contributed by atoms with van der Waals surface area (Å²) in [5.74, 6) is 0.151. The number of nitrogen functional groups attached to an aromatic ring is 1. The highest BCUT2D eigenvalue weighted by Gasteiger charge is 2.09. The summed E-state index contributed by atoms with van der Waals surface area (Å²) in [6.45, 7) is 1.80. The Hall–Kier alpha value is -2.33. The number of fused-ring (bicyclic) bond motifs is 1. The molecule has 8 nitrogen and oxygen atoms in total. The van der Waals surface area contributed by atoms with E-state index in [2.05, 4.69) is 19.9 Å². The topological polar surface area (TPSA) is 110 Å². The molecule has 0 fully saturated rings. The highest BCUT2D eigenvalue weighted by molar-refractivity contribution is 7.71. The molecule has 3 aromatic rings. The Morgan fingerprint density at radius 2 is 2.05 bits per heavy atom. The number of anilines is 1. The summed E-state index contributed by atoms with van der Waals surface area (Å²) in [4.78, 5) is 25.5. The molecule has 0 spiro atoms. The van der Waals surface area contributed by atoms with Crippen LogP contribution in [0.15, 0.2) is 17.3 Å². The molecule has 0 unspecified atom stereocenters. The molecule has 10 heteroatoms. The number of aryl methyl sites for hydroxylation is 1. The molecule has 3 heterocycles. The zero-order valence-corrected chi connectivity index (χ0v) is 11.9. The van der Waals surface area contributed by atoms with E-state index < -0.39 is 5.69 Å². The summed E-state index contributed by atoms with van der Waals surface area (Å²) in [7, 11) is 0. The summed E-state index contributed by atoms with van der Waals surface area (Å²) >= 11 is 10.1. The number of rotatable bonds is 1. The van der Waals surface area contributed by atoms with Gasteiger partial charge in [-0.25, -0.2) is 24.1 Å². The van der Waals surface area contributed by atoms with Crippen molar-refractivity contribution in [3.63, 3.8) is 0 Å². The van der Waals surface area contributed by atoms with Crippen molar-refractivity contribution >= 4 is 41.5 Å². The van der Waals surface area contributed by atoms with Crippen molar-refractivity contribution in [2.45, 2.75) is 6.92 Å². The van der Waals surface area contributed by atoms with E-state index in [0.29, 0.717) is 15.8 Å². The standard InChI is InChI=1S/C10H9N7OS2/c1-4-2-16(10(18)15-7(4)19)17-3-12-5-6(17)13-9(11)14-8(5)20/h2-3H,1H3,(H,15,18,19)(H3,11,13,14,20). The summed E-state index contributed by atoms with van der Waals surface area (Å²) in [6, 6.07) is 0. The van der Waals surface area contributed by atoms with Gasteiger partial charge < -0.3 is 10.7 Å². The van der Waals surface area contributed by atoms with E-state index in [1.54, 1.807) is 13.1 Å². The van der Waals surface area contributed by atoms with Gasteiger partial charge in [0.05, 0.1) is 0 Å². The average molecular weight is 307 g/mol. The summed E-state index contributed by atoms with van der Waals surface area (Å²) in [5.41, 5.74) is 6.94. The first kappa shape index (κ1) is 12.7. The van der Waals surface area contributed by atoms with Gasteiger partial charge in [-0.3, -0.25) is 4.98 Å². The van der Waals surface area contributed by atoms with Crippen LogP contribution < -0.4 is 11.4 Å². The Morgan fingerprint density at radius 3 is 2.80 bits per heavy atom. The van der Waals surface area contributed by atoms with E-state index in [0.717, 1.165) is 5.56 Å². The second-order valence-corrected chi connectivity index (χ2v) is 4.92. The van der Waals surface area contributed by atoms with Gasteiger partial charge in [-0.15, -0.1) is 0 Å². The van der Waals surface area contributed by atoms with Crippen LogP contribution in [0.2, 0.25) is 0 Å². The van der Waals surface area contributed by atoms with Crippen LogP contribution in [0.5, 0.6) is 0 Å². The third-order valence-corrected chi connectivity index (χ3v) is 3.46. The molecule has 0 saturated carbocycles. The predicted molar refractivity (Wildman–Crippen MR) is 78.5 cm³/mol. The number of hydrogen-bond donors (Lipinski definition) is 3. The van der Waals surface area contributed by atoms with Crippen molar-refractivity contribution in [2.24, 2.45) is 0 Å². The average Bonchev–Trinajstić information content (AvgIpc) is 2.77. The van der Waals surface area contributed by atoms with Crippen LogP contribution >= 0.6 is 24.4 Å². The molecule has 0 atom stereocenters. The first-order chi connectivity index (χ1) is 9.47. The Bertz CT molecular complexity index is 993. The molecular formula is C10H9N7OS2. The number of aromatic nitrogens is 6. The molecule has 0 aliphatic carbocycles. The zero-order chi connectivity index (χ0) is 14.4. The SMILES string of the molecule is Cc1cn(-n2cnc3c(=S)nc(N)[nH]c32)c(=O)[nH]c1=S. The Labute approximate surface area is 121 Å². The van der Waals surface area contributed by atoms with Crippen molar-refractivity contribution in [3.8, 4) is 0 Å². The van der Waals surface area contributed by atoms with Crippen LogP contribution in [0.4, 0.5) is 5.95 Å². The van der Waals surface area contributed by atoms with Gasteiger partial charge in [-0.2, -0.15) is 0 Å². The van der Waals surface area contributed by atoms with E-state index >= 15 is 0 Å². The van der Waals surface area contributed by atoms with Gasteiger partial charge in [0.25, 0.3) is 0 Å². The molecule has 0 aliphatic rings. The van der Waals surface area contributed by atoms with Crippen LogP contribution in [0, 0.1) is 16.2 Å². The van der Waals surface area contributed by atoms with Gasteiger partial charge >= 0.3 is 5.69 Å². The molecular weight excluding hydrogens is 298 g/mol. The van der Waals surface area contributed by atoms with E-state index in [9.17, 15) is 4.79 Å². The molecule has 102 valence electrons. The molecule has 20 heavy (non-hydrogen) atoms. The third-order valence-electron chi connectivity index (χ3n) is 2.76. The number of H-pyrrole nitrogens is 2. The molecule has 0 saturated heterocycles. The number of nitrogens with zero attached hydrogens (tertiary/aromatic N) is 4. The maximum atomic E-state index is 12.0. The first-order valence-corrected chi connectivity index (χ1v) is 6.35. The van der Waals surface area contributed by atoms with E-state index in [1.165, 1.54) is 15.7 Å². The molecule has 4 N–H and O–H groups in total. The molecule has 3 aromatic heterocycles. The van der Waals surface area contributed by atoms with Crippen LogP contribution in [0.1, 0.15) is 5.56 Å². The first-order valence-electron chi connectivity index (χ1n) is 5.53. The van der Waals surface area contributed by atoms with Gasteiger partial charge in [0.2, 0.25) is 5.95 Å². The molecule has 0 aliphatic heterocycles. The zero-order valence-electron chi connectivity index (χ0n) is 10.2. The summed E-state index contributed by atoms with van der Waals surface area (Å²) < 4.78 is 3.48. The Kier molecular flexibility index (Phi) is 2.76. The number of hydrogen-bond acceptors (Lipinski definition) is 6. The maximum absolute atomic E-state index is 12.0. The second-order valence-electron chi connectivity index (χ2n) is 4.13. The highest BCUT2D eigenvalue weighted by Crippen LogP contribution is 2.11.